The molecule has 1 aromatic heterocycles. The van der Waals surface area contributed by atoms with Gasteiger partial charge in [-0.1, -0.05) is 6.07 Å². The Morgan fingerprint density at radius 2 is 2.27 bits per heavy atom. The number of nitrogens with two attached hydrogens (primary N) is 1. The molecular weight excluding hydrogens is 194 g/mol. The molecule has 0 unspecified atom stereocenters. The number of nitrogens with zero attached hydrogens (tertiary/aromatic N) is 3. The van der Waals surface area contributed by atoms with Gasteiger partial charge in [0.1, 0.15) is 0 Å². The molecule has 1 heterocycles. The van der Waals surface area contributed by atoms with Gasteiger partial charge in [-0.3, -0.25) is 5.32 Å². The van der Waals surface area contributed by atoms with Crippen LogP contribution in [-0.4, -0.2) is 36.0 Å². The van der Waals surface area contributed by atoms with E-state index in [0.717, 1.165) is 0 Å². The minimum absolute atomic E-state index is 0.0207. The summed E-state index contributed by atoms with van der Waals surface area (Å²) in [5.74, 6) is 0.474. The van der Waals surface area contributed by atoms with E-state index in [2.05, 4.69) is 15.3 Å². The van der Waals surface area contributed by atoms with Gasteiger partial charge >= 0.3 is 6.03 Å². The van der Waals surface area contributed by atoms with Crippen molar-refractivity contribution in [3.05, 3.63) is 24.4 Å². The van der Waals surface area contributed by atoms with Crippen LogP contribution in [0.15, 0.2) is 29.4 Å². The van der Waals surface area contributed by atoms with Crippen LogP contribution in [0.3, 0.4) is 0 Å². The fraction of sp³-hybridized carbons (Fsp3) is 0.222. The van der Waals surface area contributed by atoms with E-state index in [9.17, 15) is 4.79 Å². The van der Waals surface area contributed by atoms with E-state index in [1.54, 1.807) is 38.5 Å². The van der Waals surface area contributed by atoms with Gasteiger partial charge in [-0.05, 0) is 12.1 Å². The number of hydrogen-bond acceptors (Lipinski definition) is 3. The smallest absolute Gasteiger partial charge is 0.323 e. The molecule has 0 radical (unpaired) electrons. The predicted octanol–water partition coefficient (Wildman–Crippen LogP) is 0.299. The molecule has 0 saturated carbocycles. The van der Waals surface area contributed by atoms with Crippen LogP contribution in [-0.2, 0) is 0 Å². The first-order valence-electron chi connectivity index (χ1n) is 4.33. The van der Waals surface area contributed by atoms with E-state index < -0.39 is 0 Å². The summed E-state index contributed by atoms with van der Waals surface area (Å²) >= 11 is 0. The zero-order valence-corrected chi connectivity index (χ0v) is 8.64. The van der Waals surface area contributed by atoms with Crippen molar-refractivity contribution in [2.24, 2.45) is 10.7 Å². The first kappa shape index (κ1) is 11.0. The van der Waals surface area contributed by atoms with Crippen LogP contribution < -0.4 is 11.1 Å². The molecule has 0 atom stereocenters. The average Bonchev–Trinajstić information content (AvgIpc) is 2.18. The average molecular weight is 207 g/mol. The van der Waals surface area contributed by atoms with E-state index in [4.69, 9.17) is 5.73 Å². The minimum Gasteiger partial charge on any atom is -0.369 e. The number of guanidine groups is 1. The Kier molecular flexibility index (Phi) is 3.61. The number of hydrogen-bond donors (Lipinski definition) is 2. The zero-order chi connectivity index (χ0) is 11.3. The molecule has 0 saturated heterocycles. The maximum atomic E-state index is 11.2. The lowest BCUT2D eigenvalue weighted by molar-refractivity contribution is 0.222. The van der Waals surface area contributed by atoms with Crippen molar-refractivity contribution < 1.29 is 4.79 Å². The summed E-state index contributed by atoms with van der Waals surface area (Å²) in [5, 5.41) is 2.40. The summed E-state index contributed by atoms with van der Waals surface area (Å²) in [4.78, 5) is 20.4. The summed E-state index contributed by atoms with van der Waals surface area (Å²) in [7, 11) is 3.23. The largest absolute Gasteiger partial charge is 0.369 e. The third-order valence-electron chi connectivity index (χ3n) is 1.53. The second-order valence-corrected chi connectivity index (χ2v) is 3.01. The SMILES string of the molecule is CN(C)C(=O)N/C(N)=N/c1ccccn1. The van der Waals surface area contributed by atoms with Gasteiger partial charge in [0.2, 0.25) is 5.96 Å². The molecule has 3 N–H and O–H groups in total. The molecule has 1 rings (SSSR count). The molecule has 6 nitrogen and oxygen atoms in total. The van der Waals surface area contributed by atoms with E-state index >= 15 is 0 Å². The molecule has 0 aliphatic carbocycles. The Balaban J connectivity index is 2.65. The van der Waals surface area contributed by atoms with Gasteiger partial charge in [-0.15, -0.1) is 0 Å². The zero-order valence-electron chi connectivity index (χ0n) is 8.64. The Hall–Kier alpha value is -2.11. The van der Waals surface area contributed by atoms with E-state index in [1.165, 1.54) is 4.90 Å². The topological polar surface area (TPSA) is 83.6 Å². The van der Waals surface area contributed by atoms with Crippen molar-refractivity contribution in [2.75, 3.05) is 14.1 Å². The summed E-state index contributed by atoms with van der Waals surface area (Å²) in [6.45, 7) is 0. The second-order valence-electron chi connectivity index (χ2n) is 3.01. The molecule has 0 aromatic carbocycles. The lowest BCUT2D eigenvalue weighted by Crippen LogP contribution is -2.42. The number of urea groups is 1. The maximum absolute atomic E-state index is 11.2. The number of carbonyl (C=O) groups is 1. The quantitative estimate of drug-likeness (QED) is 0.513. The summed E-state index contributed by atoms with van der Waals surface area (Å²) in [6.07, 6.45) is 1.60. The summed E-state index contributed by atoms with van der Waals surface area (Å²) in [5.41, 5.74) is 5.50. The van der Waals surface area contributed by atoms with Gasteiger partial charge in [0.05, 0.1) is 0 Å². The van der Waals surface area contributed by atoms with Gasteiger partial charge in [0.15, 0.2) is 5.82 Å². The van der Waals surface area contributed by atoms with Crippen molar-refractivity contribution >= 4 is 17.8 Å². The van der Waals surface area contributed by atoms with Gasteiger partial charge in [-0.2, -0.15) is 4.99 Å². The number of amides is 2. The number of aromatic nitrogens is 1. The molecule has 0 bridgehead atoms. The number of pyridine rings is 1. The lowest BCUT2D eigenvalue weighted by atomic mass is 10.5. The number of aliphatic imine (C=N–C) groups is 1. The van der Waals surface area contributed by atoms with Gasteiger partial charge in [0, 0.05) is 20.3 Å². The Labute approximate surface area is 87.8 Å². The van der Waals surface area contributed by atoms with Crippen molar-refractivity contribution in [1.29, 1.82) is 0 Å². The molecule has 80 valence electrons. The second kappa shape index (κ2) is 4.94. The normalized spacial score (nSPS) is 10.9. The van der Waals surface area contributed by atoms with Crippen molar-refractivity contribution in [1.82, 2.24) is 15.2 Å². The summed E-state index contributed by atoms with van der Waals surface area (Å²) in [6, 6.07) is 4.92. The van der Waals surface area contributed by atoms with E-state index in [1.807, 2.05) is 0 Å². The molecule has 6 heteroatoms. The first-order valence-corrected chi connectivity index (χ1v) is 4.33. The fourth-order valence-corrected chi connectivity index (χ4v) is 0.793. The molecular formula is C9H13N5O. The highest BCUT2D eigenvalue weighted by Crippen LogP contribution is 2.03. The molecule has 0 aliphatic rings. The van der Waals surface area contributed by atoms with Crippen LogP contribution in [0.4, 0.5) is 10.6 Å². The monoisotopic (exact) mass is 207 g/mol. The van der Waals surface area contributed by atoms with Crippen LogP contribution in [0, 0.1) is 0 Å². The third kappa shape index (κ3) is 3.63. The molecule has 0 aliphatic heterocycles. The van der Waals surface area contributed by atoms with Crippen molar-refractivity contribution in [3.63, 3.8) is 0 Å². The van der Waals surface area contributed by atoms with Crippen LogP contribution in [0.1, 0.15) is 0 Å². The molecule has 2 amide bonds. The first-order chi connectivity index (χ1) is 7.09. The van der Waals surface area contributed by atoms with Crippen molar-refractivity contribution in [3.8, 4) is 0 Å². The van der Waals surface area contributed by atoms with Gasteiger partial charge in [0.25, 0.3) is 0 Å². The third-order valence-corrected chi connectivity index (χ3v) is 1.53. The fourth-order valence-electron chi connectivity index (χ4n) is 0.793. The van der Waals surface area contributed by atoms with Crippen molar-refractivity contribution in [2.45, 2.75) is 0 Å². The van der Waals surface area contributed by atoms with Crippen LogP contribution in [0.5, 0.6) is 0 Å². The highest BCUT2D eigenvalue weighted by molar-refractivity contribution is 5.96. The van der Waals surface area contributed by atoms with Gasteiger partial charge < -0.3 is 10.6 Å². The minimum atomic E-state index is -0.327. The molecule has 15 heavy (non-hydrogen) atoms. The predicted molar refractivity (Wildman–Crippen MR) is 57.7 cm³/mol. The maximum Gasteiger partial charge on any atom is 0.323 e. The van der Waals surface area contributed by atoms with E-state index in [0.29, 0.717) is 5.82 Å². The highest BCUT2D eigenvalue weighted by atomic mass is 16.2. The van der Waals surface area contributed by atoms with E-state index in [-0.39, 0.29) is 12.0 Å². The number of rotatable bonds is 1. The Bertz CT molecular complexity index is 360. The van der Waals surface area contributed by atoms with Gasteiger partial charge in [-0.25, -0.2) is 9.78 Å². The molecule has 0 fully saturated rings. The van der Waals surface area contributed by atoms with Crippen LogP contribution in [0.2, 0.25) is 0 Å². The Morgan fingerprint density at radius 3 is 2.80 bits per heavy atom. The highest BCUT2D eigenvalue weighted by Gasteiger charge is 2.04. The molecule has 1 aromatic rings. The number of carbonyl (C=O) groups excluding carboxylic acids is 1. The number of nitrogens with one attached hydrogen (secondary N) is 1. The van der Waals surface area contributed by atoms with Crippen LogP contribution in [0.25, 0.3) is 0 Å². The standard InChI is InChI=1S/C9H13N5O/c1-14(2)9(15)13-8(10)12-7-5-3-4-6-11-7/h3-6H,1-2H3,(H3,10,11,12,13,15). The molecule has 0 spiro atoms. The Morgan fingerprint density at radius 1 is 1.53 bits per heavy atom. The van der Waals surface area contributed by atoms with Crippen LogP contribution >= 0.6 is 0 Å². The lowest BCUT2D eigenvalue weighted by Gasteiger charge is -2.10. The summed E-state index contributed by atoms with van der Waals surface area (Å²) < 4.78 is 0.